The Labute approximate surface area is 131 Å². The van der Waals surface area contributed by atoms with Crippen molar-refractivity contribution in [3.8, 4) is 0 Å². The van der Waals surface area contributed by atoms with Crippen molar-refractivity contribution in [1.82, 2.24) is 9.88 Å². The van der Waals surface area contributed by atoms with Crippen LogP contribution in [0.25, 0.3) is 0 Å². The van der Waals surface area contributed by atoms with Crippen molar-refractivity contribution in [2.45, 2.75) is 52.0 Å². The molecular formula is C16H24ClN3O. The van der Waals surface area contributed by atoms with E-state index in [4.69, 9.17) is 11.6 Å². The summed E-state index contributed by atoms with van der Waals surface area (Å²) in [6.45, 7) is 5.83. The number of likely N-dealkylation sites (tertiary alicyclic amines) is 1. The zero-order valence-corrected chi connectivity index (χ0v) is 13.6. The van der Waals surface area contributed by atoms with Crippen LogP contribution in [-0.4, -0.2) is 34.9 Å². The van der Waals surface area contributed by atoms with Crippen LogP contribution in [0, 0.1) is 0 Å². The number of halogens is 1. The third kappa shape index (κ3) is 4.10. The van der Waals surface area contributed by atoms with E-state index in [9.17, 15) is 4.79 Å². The molecular weight excluding hydrogens is 286 g/mol. The average Bonchev–Trinajstić information content (AvgIpc) is 2.70. The molecule has 0 aliphatic carbocycles. The Morgan fingerprint density at radius 3 is 3.00 bits per heavy atom. The normalized spacial score (nSPS) is 19.2. The molecule has 0 radical (unpaired) electrons. The summed E-state index contributed by atoms with van der Waals surface area (Å²) >= 11 is 6.20. The predicted molar refractivity (Wildman–Crippen MR) is 87.0 cm³/mol. The van der Waals surface area contributed by atoms with E-state index in [0.717, 1.165) is 32.4 Å². The first-order valence-electron chi connectivity index (χ1n) is 7.85. The van der Waals surface area contributed by atoms with Gasteiger partial charge in [0.15, 0.2) is 0 Å². The molecule has 1 fully saturated rings. The highest BCUT2D eigenvalue weighted by molar-refractivity contribution is 6.33. The Bertz CT molecular complexity index is 492. The van der Waals surface area contributed by atoms with Gasteiger partial charge in [0.05, 0.1) is 5.02 Å². The molecule has 2 rings (SSSR count). The second kappa shape index (κ2) is 7.64. The topological polar surface area (TPSA) is 45.2 Å². The van der Waals surface area contributed by atoms with Crippen LogP contribution in [0.4, 0.5) is 5.82 Å². The largest absolute Gasteiger partial charge is 0.370 e. The quantitative estimate of drug-likeness (QED) is 0.915. The van der Waals surface area contributed by atoms with Crippen molar-refractivity contribution in [3.05, 3.63) is 22.8 Å². The van der Waals surface area contributed by atoms with Crippen molar-refractivity contribution in [1.29, 1.82) is 0 Å². The maximum absolute atomic E-state index is 12.8. The smallest absolute Gasteiger partial charge is 0.274 e. The Balaban J connectivity index is 2.20. The highest BCUT2D eigenvalue weighted by Crippen LogP contribution is 2.23. The fraction of sp³-hybridized carbons (Fsp3) is 0.625. The zero-order chi connectivity index (χ0) is 15.2. The van der Waals surface area contributed by atoms with E-state index in [2.05, 4.69) is 24.1 Å². The molecule has 4 nitrogen and oxygen atoms in total. The first-order chi connectivity index (χ1) is 10.1. The van der Waals surface area contributed by atoms with Crippen molar-refractivity contribution in [3.63, 3.8) is 0 Å². The summed E-state index contributed by atoms with van der Waals surface area (Å²) in [6, 6.07) is 3.83. The van der Waals surface area contributed by atoms with Gasteiger partial charge in [0.2, 0.25) is 0 Å². The van der Waals surface area contributed by atoms with Gasteiger partial charge < -0.3 is 10.2 Å². The number of carbonyl (C=O) groups is 1. The number of aromatic nitrogens is 1. The molecule has 0 saturated carbocycles. The highest BCUT2D eigenvalue weighted by atomic mass is 35.5. The number of nitrogens with zero attached hydrogens (tertiary/aromatic N) is 2. The van der Waals surface area contributed by atoms with Gasteiger partial charge in [0.25, 0.3) is 5.91 Å². The van der Waals surface area contributed by atoms with Crippen molar-refractivity contribution >= 4 is 23.3 Å². The van der Waals surface area contributed by atoms with Crippen molar-refractivity contribution in [2.75, 3.05) is 18.4 Å². The van der Waals surface area contributed by atoms with Crippen LogP contribution in [0.5, 0.6) is 0 Å². The molecule has 0 aromatic carbocycles. The first-order valence-corrected chi connectivity index (χ1v) is 8.22. The number of rotatable bonds is 4. The van der Waals surface area contributed by atoms with Crippen LogP contribution < -0.4 is 5.32 Å². The van der Waals surface area contributed by atoms with Crippen LogP contribution in [0.15, 0.2) is 12.1 Å². The van der Waals surface area contributed by atoms with Gasteiger partial charge in [-0.05, 0) is 38.3 Å². The number of hydrogen-bond donors (Lipinski definition) is 1. The van der Waals surface area contributed by atoms with Crippen LogP contribution in [0.2, 0.25) is 5.02 Å². The minimum atomic E-state index is -0.0467. The lowest BCUT2D eigenvalue weighted by atomic mass is 10.1. The molecule has 1 N–H and O–H groups in total. The summed E-state index contributed by atoms with van der Waals surface area (Å²) in [5, 5.41) is 3.63. The number of anilines is 1. The van der Waals surface area contributed by atoms with Gasteiger partial charge in [0.1, 0.15) is 11.5 Å². The summed E-state index contributed by atoms with van der Waals surface area (Å²) in [5.41, 5.74) is 0.367. The minimum Gasteiger partial charge on any atom is -0.370 e. The summed E-state index contributed by atoms with van der Waals surface area (Å²) in [6.07, 6.45) is 5.49. The number of pyridine rings is 1. The minimum absolute atomic E-state index is 0.0467. The van der Waals surface area contributed by atoms with Crippen LogP contribution >= 0.6 is 11.6 Å². The number of carbonyl (C=O) groups excluding carboxylic acids is 1. The van der Waals surface area contributed by atoms with Gasteiger partial charge in [-0.3, -0.25) is 4.79 Å². The average molecular weight is 310 g/mol. The van der Waals surface area contributed by atoms with Gasteiger partial charge in [-0.15, -0.1) is 0 Å². The molecule has 5 heteroatoms. The Hall–Kier alpha value is -1.29. The third-order valence-electron chi connectivity index (χ3n) is 3.92. The lowest BCUT2D eigenvalue weighted by Gasteiger charge is -2.27. The summed E-state index contributed by atoms with van der Waals surface area (Å²) in [4.78, 5) is 19.1. The van der Waals surface area contributed by atoms with Gasteiger partial charge in [-0.1, -0.05) is 31.4 Å². The summed E-state index contributed by atoms with van der Waals surface area (Å²) in [5.74, 6) is 0.668. The first kappa shape index (κ1) is 16.1. The van der Waals surface area contributed by atoms with Crippen LogP contribution in [-0.2, 0) is 0 Å². The zero-order valence-electron chi connectivity index (χ0n) is 12.9. The standard InChI is InChI=1S/C16H24ClN3O/c1-3-10-18-14-9-8-13(17)15(19-14)16(21)20-11-6-4-5-7-12(20)2/h8-9,12H,3-7,10-11H2,1-2H3,(H,18,19). The van der Waals surface area contributed by atoms with Gasteiger partial charge in [-0.25, -0.2) is 4.98 Å². The second-order valence-electron chi connectivity index (χ2n) is 5.65. The Morgan fingerprint density at radius 1 is 1.43 bits per heavy atom. The van der Waals surface area contributed by atoms with E-state index in [-0.39, 0.29) is 11.9 Å². The monoisotopic (exact) mass is 309 g/mol. The number of nitrogens with one attached hydrogen (secondary N) is 1. The van der Waals surface area contributed by atoms with Crippen LogP contribution in [0.3, 0.4) is 0 Å². The molecule has 1 saturated heterocycles. The molecule has 116 valence electrons. The van der Waals surface area contributed by atoms with E-state index < -0.39 is 0 Å². The molecule has 1 unspecified atom stereocenters. The Morgan fingerprint density at radius 2 is 2.24 bits per heavy atom. The maximum atomic E-state index is 12.8. The molecule has 0 spiro atoms. The van der Waals surface area contributed by atoms with Crippen molar-refractivity contribution < 1.29 is 4.79 Å². The van der Waals surface area contributed by atoms with Crippen LogP contribution in [0.1, 0.15) is 56.4 Å². The fourth-order valence-electron chi connectivity index (χ4n) is 2.66. The molecule has 2 heterocycles. The SMILES string of the molecule is CCCNc1ccc(Cl)c(C(=O)N2CCCCCC2C)n1. The lowest BCUT2D eigenvalue weighted by Crippen LogP contribution is -2.38. The highest BCUT2D eigenvalue weighted by Gasteiger charge is 2.25. The predicted octanol–water partition coefficient (Wildman–Crippen LogP) is 3.96. The summed E-state index contributed by atoms with van der Waals surface area (Å²) < 4.78 is 0. The molecule has 1 amide bonds. The summed E-state index contributed by atoms with van der Waals surface area (Å²) in [7, 11) is 0. The van der Waals surface area contributed by atoms with E-state index in [1.54, 1.807) is 6.07 Å². The van der Waals surface area contributed by atoms with Gasteiger partial charge in [0, 0.05) is 19.1 Å². The number of hydrogen-bond acceptors (Lipinski definition) is 3. The van der Waals surface area contributed by atoms with Gasteiger partial charge >= 0.3 is 0 Å². The second-order valence-corrected chi connectivity index (χ2v) is 6.06. The fourth-order valence-corrected chi connectivity index (χ4v) is 2.84. The molecule has 1 atom stereocenters. The van der Waals surface area contributed by atoms with E-state index in [0.29, 0.717) is 16.5 Å². The molecule has 1 aromatic heterocycles. The van der Waals surface area contributed by atoms with Crippen molar-refractivity contribution in [2.24, 2.45) is 0 Å². The lowest BCUT2D eigenvalue weighted by molar-refractivity contribution is 0.0692. The van der Waals surface area contributed by atoms with E-state index in [1.165, 1.54) is 12.8 Å². The Kier molecular flexibility index (Phi) is 5.85. The maximum Gasteiger partial charge on any atom is 0.274 e. The molecule has 1 aromatic rings. The third-order valence-corrected chi connectivity index (χ3v) is 4.22. The number of amides is 1. The molecule has 21 heavy (non-hydrogen) atoms. The molecule has 1 aliphatic rings. The molecule has 1 aliphatic heterocycles. The molecule has 0 bridgehead atoms. The van der Waals surface area contributed by atoms with E-state index in [1.807, 2.05) is 11.0 Å². The van der Waals surface area contributed by atoms with Gasteiger partial charge in [-0.2, -0.15) is 0 Å². The van der Waals surface area contributed by atoms with E-state index >= 15 is 0 Å².